The van der Waals surface area contributed by atoms with Gasteiger partial charge in [0, 0.05) is 16.8 Å². The van der Waals surface area contributed by atoms with Crippen LogP contribution in [0.3, 0.4) is 0 Å². The molecule has 1 aliphatic rings. The van der Waals surface area contributed by atoms with Crippen LogP contribution in [0.2, 0.25) is 0 Å². The van der Waals surface area contributed by atoms with Crippen molar-refractivity contribution in [3.63, 3.8) is 0 Å². The Morgan fingerprint density at radius 1 is 1.57 bits per heavy atom. The number of thiophene rings is 1. The standard InChI is InChI=1S/C11H17NOS/c1-11(2,10-4-3-5-14-10)8-12-9-6-13-7-9/h3-5,9,12H,6-8H2,1-2H3. The first-order chi connectivity index (χ1) is 6.68. The van der Waals surface area contributed by atoms with Crippen molar-refractivity contribution in [2.45, 2.75) is 25.3 Å². The Kier molecular flexibility index (Phi) is 2.91. The number of nitrogens with one attached hydrogen (secondary N) is 1. The first kappa shape index (κ1) is 10.1. The highest BCUT2D eigenvalue weighted by Gasteiger charge is 2.25. The van der Waals surface area contributed by atoms with Crippen LogP contribution < -0.4 is 5.32 Å². The Morgan fingerprint density at radius 3 is 2.86 bits per heavy atom. The topological polar surface area (TPSA) is 21.3 Å². The zero-order chi connectivity index (χ0) is 10.0. The van der Waals surface area contributed by atoms with Gasteiger partial charge in [0.25, 0.3) is 0 Å². The summed E-state index contributed by atoms with van der Waals surface area (Å²) < 4.78 is 5.13. The fourth-order valence-electron chi connectivity index (χ4n) is 1.50. The van der Waals surface area contributed by atoms with E-state index in [9.17, 15) is 0 Å². The van der Waals surface area contributed by atoms with Crippen LogP contribution in [0, 0.1) is 0 Å². The summed E-state index contributed by atoms with van der Waals surface area (Å²) in [5.74, 6) is 0. The molecule has 0 aliphatic carbocycles. The summed E-state index contributed by atoms with van der Waals surface area (Å²) in [7, 11) is 0. The molecule has 1 fully saturated rings. The summed E-state index contributed by atoms with van der Waals surface area (Å²) in [4.78, 5) is 1.45. The van der Waals surface area contributed by atoms with E-state index in [4.69, 9.17) is 4.74 Å². The molecule has 0 amide bonds. The molecule has 0 bridgehead atoms. The summed E-state index contributed by atoms with van der Waals surface area (Å²) >= 11 is 1.84. The van der Waals surface area contributed by atoms with Crippen molar-refractivity contribution in [2.24, 2.45) is 0 Å². The molecular weight excluding hydrogens is 194 g/mol. The van der Waals surface area contributed by atoms with Gasteiger partial charge in [-0.3, -0.25) is 0 Å². The lowest BCUT2D eigenvalue weighted by Gasteiger charge is -2.32. The summed E-state index contributed by atoms with van der Waals surface area (Å²) in [5, 5.41) is 5.67. The van der Waals surface area contributed by atoms with E-state index in [0.717, 1.165) is 19.8 Å². The van der Waals surface area contributed by atoms with Crippen LogP contribution in [0.1, 0.15) is 18.7 Å². The van der Waals surface area contributed by atoms with Gasteiger partial charge in [-0.25, -0.2) is 0 Å². The van der Waals surface area contributed by atoms with Gasteiger partial charge in [0.1, 0.15) is 0 Å². The van der Waals surface area contributed by atoms with E-state index in [1.165, 1.54) is 4.88 Å². The van der Waals surface area contributed by atoms with Gasteiger partial charge in [-0.1, -0.05) is 19.9 Å². The van der Waals surface area contributed by atoms with Gasteiger partial charge < -0.3 is 10.1 Å². The number of ether oxygens (including phenoxy) is 1. The minimum atomic E-state index is 0.240. The first-order valence-electron chi connectivity index (χ1n) is 5.03. The summed E-state index contributed by atoms with van der Waals surface area (Å²) in [5.41, 5.74) is 0.240. The molecule has 1 aliphatic heterocycles. The maximum atomic E-state index is 5.13. The van der Waals surface area contributed by atoms with Crippen molar-refractivity contribution in [1.82, 2.24) is 5.32 Å². The van der Waals surface area contributed by atoms with Gasteiger partial charge in [0.2, 0.25) is 0 Å². The van der Waals surface area contributed by atoms with Crippen molar-refractivity contribution in [2.75, 3.05) is 19.8 Å². The van der Waals surface area contributed by atoms with E-state index < -0.39 is 0 Å². The third-order valence-corrected chi connectivity index (χ3v) is 3.89. The van der Waals surface area contributed by atoms with Crippen molar-refractivity contribution < 1.29 is 4.74 Å². The van der Waals surface area contributed by atoms with E-state index in [-0.39, 0.29) is 5.41 Å². The Balaban J connectivity index is 1.88. The van der Waals surface area contributed by atoms with Crippen LogP contribution in [-0.4, -0.2) is 25.8 Å². The summed E-state index contributed by atoms with van der Waals surface area (Å²) in [6.07, 6.45) is 0. The highest BCUT2D eigenvalue weighted by Crippen LogP contribution is 2.26. The molecule has 0 saturated carbocycles. The van der Waals surface area contributed by atoms with Gasteiger partial charge in [0.05, 0.1) is 19.3 Å². The third kappa shape index (κ3) is 2.16. The van der Waals surface area contributed by atoms with Crippen LogP contribution in [0.4, 0.5) is 0 Å². The van der Waals surface area contributed by atoms with Crippen molar-refractivity contribution >= 4 is 11.3 Å². The zero-order valence-electron chi connectivity index (χ0n) is 8.75. The van der Waals surface area contributed by atoms with Gasteiger partial charge in [-0.2, -0.15) is 0 Å². The third-order valence-electron chi connectivity index (χ3n) is 2.66. The van der Waals surface area contributed by atoms with Crippen LogP contribution in [-0.2, 0) is 10.2 Å². The predicted molar refractivity (Wildman–Crippen MR) is 60.0 cm³/mol. The molecule has 2 rings (SSSR count). The molecule has 2 nitrogen and oxygen atoms in total. The highest BCUT2D eigenvalue weighted by atomic mass is 32.1. The molecule has 3 heteroatoms. The molecule has 2 heterocycles. The molecule has 78 valence electrons. The molecule has 1 aromatic heterocycles. The Bertz CT molecular complexity index is 277. The Morgan fingerprint density at radius 2 is 2.36 bits per heavy atom. The minimum absolute atomic E-state index is 0.240. The summed E-state index contributed by atoms with van der Waals surface area (Å²) in [6.45, 7) is 7.35. The maximum absolute atomic E-state index is 5.13. The molecule has 0 unspecified atom stereocenters. The van der Waals surface area contributed by atoms with Crippen LogP contribution in [0.25, 0.3) is 0 Å². The second-order valence-electron chi connectivity index (χ2n) is 4.48. The lowest BCUT2D eigenvalue weighted by molar-refractivity contribution is -0.00665. The molecule has 0 aromatic carbocycles. The largest absolute Gasteiger partial charge is 0.378 e. The van der Waals surface area contributed by atoms with E-state index in [2.05, 4.69) is 36.7 Å². The minimum Gasteiger partial charge on any atom is -0.378 e. The lowest BCUT2D eigenvalue weighted by Crippen LogP contribution is -2.49. The van der Waals surface area contributed by atoms with Crippen molar-refractivity contribution in [1.29, 1.82) is 0 Å². The predicted octanol–water partition coefficient (Wildman–Crippen LogP) is 2.01. The molecule has 0 atom stereocenters. The highest BCUT2D eigenvalue weighted by molar-refractivity contribution is 7.10. The van der Waals surface area contributed by atoms with Gasteiger partial charge in [-0.15, -0.1) is 11.3 Å². The lowest BCUT2D eigenvalue weighted by atomic mass is 9.91. The Hall–Kier alpha value is -0.380. The van der Waals surface area contributed by atoms with Gasteiger partial charge >= 0.3 is 0 Å². The molecule has 1 N–H and O–H groups in total. The van der Waals surface area contributed by atoms with E-state index in [0.29, 0.717) is 6.04 Å². The molecule has 1 aromatic rings. The number of hydrogen-bond acceptors (Lipinski definition) is 3. The smallest absolute Gasteiger partial charge is 0.0643 e. The van der Waals surface area contributed by atoms with E-state index in [1.807, 2.05) is 11.3 Å². The quantitative estimate of drug-likeness (QED) is 0.822. The first-order valence-corrected chi connectivity index (χ1v) is 5.91. The van der Waals surface area contributed by atoms with Crippen molar-refractivity contribution in [3.05, 3.63) is 22.4 Å². The SMILES string of the molecule is CC(C)(CNC1COC1)c1cccs1. The van der Waals surface area contributed by atoms with Crippen LogP contribution in [0.5, 0.6) is 0 Å². The monoisotopic (exact) mass is 211 g/mol. The zero-order valence-corrected chi connectivity index (χ0v) is 9.56. The van der Waals surface area contributed by atoms with Crippen LogP contribution in [0.15, 0.2) is 17.5 Å². The average molecular weight is 211 g/mol. The second-order valence-corrected chi connectivity index (χ2v) is 5.42. The summed E-state index contributed by atoms with van der Waals surface area (Å²) in [6, 6.07) is 4.91. The van der Waals surface area contributed by atoms with E-state index in [1.54, 1.807) is 0 Å². The molecule has 14 heavy (non-hydrogen) atoms. The number of rotatable bonds is 4. The maximum Gasteiger partial charge on any atom is 0.0643 e. The molecular formula is C11H17NOS. The fourth-order valence-corrected chi connectivity index (χ4v) is 2.36. The fraction of sp³-hybridized carbons (Fsp3) is 0.636. The average Bonchev–Trinajstić information content (AvgIpc) is 2.52. The molecule has 0 radical (unpaired) electrons. The second kappa shape index (κ2) is 4.01. The number of hydrogen-bond donors (Lipinski definition) is 1. The van der Waals surface area contributed by atoms with Gasteiger partial charge in [-0.05, 0) is 11.4 Å². The van der Waals surface area contributed by atoms with E-state index >= 15 is 0 Å². The van der Waals surface area contributed by atoms with Crippen LogP contribution >= 0.6 is 11.3 Å². The van der Waals surface area contributed by atoms with Gasteiger partial charge in [0.15, 0.2) is 0 Å². The molecule has 0 spiro atoms. The Labute approximate surface area is 89.3 Å². The normalized spacial score (nSPS) is 18.1. The van der Waals surface area contributed by atoms with Crippen molar-refractivity contribution in [3.8, 4) is 0 Å². The molecule has 1 saturated heterocycles.